The first-order valence-electron chi connectivity index (χ1n) is 10.7. The zero-order valence-corrected chi connectivity index (χ0v) is 19.5. The predicted molar refractivity (Wildman–Crippen MR) is 124 cm³/mol. The van der Waals surface area contributed by atoms with Crippen molar-refractivity contribution in [3.63, 3.8) is 0 Å². The van der Waals surface area contributed by atoms with Crippen LogP contribution in [0.5, 0.6) is 0 Å². The fourth-order valence-electron chi connectivity index (χ4n) is 3.35. The molecule has 0 spiro atoms. The van der Waals surface area contributed by atoms with E-state index in [-0.39, 0.29) is 11.2 Å². The molecule has 9 nitrogen and oxygen atoms in total. The van der Waals surface area contributed by atoms with Crippen molar-refractivity contribution >= 4 is 17.4 Å². The van der Waals surface area contributed by atoms with Crippen LogP contribution < -0.4 is 5.32 Å². The maximum absolute atomic E-state index is 12.6. The minimum Gasteiger partial charge on any atom is -0.448 e. The third-order valence-electron chi connectivity index (χ3n) is 5.19. The second-order valence-corrected chi connectivity index (χ2v) is 9.01. The van der Waals surface area contributed by atoms with E-state index in [2.05, 4.69) is 30.4 Å². The molecule has 0 fully saturated rings. The summed E-state index contributed by atoms with van der Waals surface area (Å²) in [5, 5.41) is 7.25. The van der Waals surface area contributed by atoms with Crippen molar-refractivity contribution in [1.29, 1.82) is 0 Å². The van der Waals surface area contributed by atoms with Gasteiger partial charge in [-0.1, -0.05) is 32.9 Å². The standard InChI is InChI=1S/C24H27N7O2/c1-15-10-17(21-25-14-26-23(30-21)28-18-11-27-31(5)12-18)7-6-16(15)8-9-20(32)19-13-33-22(29-19)24(2,3)4/h6-7,10-14H,8-9H2,1-5H3,(H,25,26,28,30). The van der Waals surface area contributed by atoms with E-state index in [1.807, 2.05) is 59.1 Å². The van der Waals surface area contributed by atoms with Gasteiger partial charge in [0.2, 0.25) is 5.95 Å². The maximum atomic E-state index is 12.6. The van der Waals surface area contributed by atoms with Gasteiger partial charge in [-0.25, -0.2) is 15.0 Å². The Kier molecular flexibility index (Phi) is 6.04. The Morgan fingerprint density at radius 3 is 2.67 bits per heavy atom. The molecule has 4 aromatic rings. The Morgan fingerprint density at radius 2 is 2.00 bits per heavy atom. The van der Waals surface area contributed by atoms with Crippen LogP contribution in [-0.4, -0.2) is 35.5 Å². The summed E-state index contributed by atoms with van der Waals surface area (Å²) in [6, 6.07) is 6.00. The summed E-state index contributed by atoms with van der Waals surface area (Å²) in [5.41, 5.74) is 3.99. The lowest BCUT2D eigenvalue weighted by atomic mass is 9.97. The topological polar surface area (TPSA) is 112 Å². The van der Waals surface area contributed by atoms with E-state index in [1.54, 1.807) is 10.9 Å². The summed E-state index contributed by atoms with van der Waals surface area (Å²) in [7, 11) is 1.84. The molecule has 0 amide bonds. The van der Waals surface area contributed by atoms with Gasteiger partial charge in [-0.15, -0.1) is 0 Å². The third kappa shape index (κ3) is 5.31. The van der Waals surface area contributed by atoms with Gasteiger partial charge >= 0.3 is 0 Å². The monoisotopic (exact) mass is 445 g/mol. The zero-order valence-electron chi connectivity index (χ0n) is 19.5. The first-order valence-corrected chi connectivity index (χ1v) is 10.7. The molecule has 0 aliphatic carbocycles. The average Bonchev–Trinajstić information content (AvgIpc) is 3.42. The van der Waals surface area contributed by atoms with Gasteiger partial charge in [0.25, 0.3) is 0 Å². The normalized spacial score (nSPS) is 11.5. The molecule has 170 valence electrons. The molecule has 0 radical (unpaired) electrons. The van der Waals surface area contributed by atoms with Crippen molar-refractivity contribution in [1.82, 2.24) is 29.7 Å². The van der Waals surface area contributed by atoms with Crippen LogP contribution in [-0.2, 0) is 18.9 Å². The van der Waals surface area contributed by atoms with Crippen molar-refractivity contribution in [2.45, 2.75) is 46.0 Å². The SMILES string of the molecule is Cc1cc(-c2ncnc(Nc3cnn(C)c3)n2)ccc1CCC(=O)c1coc(C(C)(C)C)n1. The average molecular weight is 446 g/mol. The largest absolute Gasteiger partial charge is 0.448 e. The van der Waals surface area contributed by atoms with Gasteiger partial charge in [-0.2, -0.15) is 10.1 Å². The highest BCUT2D eigenvalue weighted by molar-refractivity contribution is 5.94. The number of hydrogen-bond acceptors (Lipinski definition) is 8. The van der Waals surface area contributed by atoms with E-state index in [0.29, 0.717) is 36.2 Å². The third-order valence-corrected chi connectivity index (χ3v) is 5.19. The molecule has 3 heterocycles. The summed E-state index contributed by atoms with van der Waals surface area (Å²) in [6.07, 6.45) is 7.46. The number of carbonyl (C=O) groups is 1. The van der Waals surface area contributed by atoms with E-state index >= 15 is 0 Å². The number of aromatic nitrogens is 6. The van der Waals surface area contributed by atoms with Gasteiger partial charge in [0.1, 0.15) is 18.3 Å². The van der Waals surface area contributed by atoms with Crippen LogP contribution in [0.2, 0.25) is 0 Å². The van der Waals surface area contributed by atoms with E-state index in [4.69, 9.17) is 4.42 Å². The molecule has 33 heavy (non-hydrogen) atoms. The lowest BCUT2D eigenvalue weighted by Crippen LogP contribution is -2.12. The fourth-order valence-corrected chi connectivity index (χ4v) is 3.35. The molecule has 0 saturated carbocycles. The molecule has 0 unspecified atom stereocenters. The van der Waals surface area contributed by atoms with Crippen molar-refractivity contribution in [3.8, 4) is 11.4 Å². The summed E-state index contributed by atoms with van der Waals surface area (Å²) in [5.74, 6) is 1.56. The van der Waals surface area contributed by atoms with Crippen LogP contribution in [0.1, 0.15) is 54.7 Å². The molecule has 0 aliphatic rings. The van der Waals surface area contributed by atoms with Crippen LogP contribution in [0.25, 0.3) is 11.4 Å². The molecule has 9 heteroatoms. The van der Waals surface area contributed by atoms with Gasteiger partial charge in [0.05, 0.1) is 11.9 Å². The number of rotatable bonds is 7. The van der Waals surface area contributed by atoms with Crippen molar-refractivity contribution < 1.29 is 9.21 Å². The molecular formula is C24H27N7O2. The molecular weight excluding hydrogens is 418 g/mol. The Labute approximate surface area is 192 Å². The maximum Gasteiger partial charge on any atom is 0.230 e. The van der Waals surface area contributed by atoms with Crippen LogP contribution >= 0.6 is 0 Å². The second kappa shape index (κ2) is 8.93. The molecule has 0 saturated heterocycles. The Bertz CT molecular complexity index is 1280. The molecule has 0 bridgehead atoms. The number of benzene rings is 1. The smallest absolute Gasteiger partial charge is 0.230 e. The van der Waals surface area contributed by atoms with Gasteiger partial charge in [-0.05, 0) is 30.5 Å². The van der Waals surface area contributed by atoms with Gasteiger partial charge in [-0.3, -0.25) is 9.48 Å². The number of hydrogen-bond donors (Lipinski definition) is 1. The van der Waals surface area contributed by atoms with E-state index in [0.717, 1.165) is 22.4 Å². The minimum atomic E-state index is -0.229. The number of nitrogens with one attached hydrogen (secondary N) is 1. The second-order valence-electron chi connectivity index (χ2n) is 9.01. The number of nitrogens with zero attached hydrogens (tertiary/aromatic N) is 6. The number of oxazole rings is 1. The van der Waals surface area contributed by atoms with Crippen LogP contribution in [0.3, 0.4) is 0 Å². The molecule has 0 atom stereocenters. The highest BCUT2D eigenvalue weighted by atomic mass is 16.3. The van der Waals surface area contributed by atoms with Crippen LogP contribution in [0.4, 0.5) is 11.6 Å². The molecule has 0 aliphatic heterocycles. The lowest BCUT2D eigenvalue weighted by molar-refractivity contribution is 0.0978. The number of carbonyl (C=O) groups excluding carboxylic acids is 1. The predicted octanol–water partition coefficient (Wildman–Crippen LogP) is 4.43. The summed E-state index contributed by atoms with van der Waals surface area (Å²) < 4.78 is 7.18. The Morgan fingerprint density at radius 1 is 1.18 bits per heavy atom. The van der Waals surface area contributed by atoms with E-state index < -0.39 is 0 Å². The quantitative estimate of drug-likeness (QED) is 0.416. The number of Topliss-reactive ketones (excluding diaryl/α,β-unsaturated/α-hetero) is 1. The number of aryl methyl sites for hydroxylation is 3. The van der Waals surface area contributed by atoms with Crippen molar-refractivity contribution in [2.75, 3.05) is 5.32 Å². The van der Waals surface area contributed by atoms with Crippen molar-refractivity contribution in [2.24, 2.45) is 7.05 Å². The minimum absolute atomic E-state index is 0.0266. The lowest BCUT2D eigenvalue weighted by Gasteiger charge is -2.11. The zero-order chi connectivity index (χ0) is 23.6. The fraction of sp³-hybridized carbons (Fsp3) is 0.333. The molecule has 1 aromatic carbocycles. The van der Waals surface area contributed by atoms with Gasteiger partial charge in [0.15, 0.2) is 17.5 Å². The summed E-state index contributed by atoms with van der Waals surface area (Å²) in [6.45, 7) is 8.03. The summed E-state index contributed by atoms with van der Waals surface area (Å²) in [4.78, 5) is 29.9. The first-order chi connectivity index (χ1) is 15.7. The first kappa shape index (κ1) is 22.3. The number of anilines is 2. The van der Waals surface area contributed by atoms with Gasteiger partial charge < -0.3 is 9.73 Å². The van der Waals surface area contributed by atoms with Crippen LogP contribution in [0.15, 0.2) is 47.6 Å². The van der Waals surface area contributed by atoms with E-state index in [9.17, 15) is 4.79 Å². The highest BCUT2D eigenvalue weighted by Crippen LogP contribution is 2.23. The molecule has 3 aromatic heterocycles. The van der Waals surface area contributed by atoms with Gasteiger partial charge in [0, 0.05) is 30.6 Å². The van der Waals surface area contributed by atoms with Crippen LogP contribution in [0, 0.1) is 6.92 Å². The van der Waals surface area contributed by atoms with Crippen molar-refractivity contribution in [3.05, 3.63) is 65.9 Å². The van der Waals surface area contributed by atoms with E-state index in [1.165, 1.54) is 12.6 Å². The Hall–Kier alpha value is -3.88. The summed E-state index contributed by atoms with van der Waals surface area (Å²) >= 11 is 0. The molecule has 4 rings (SSSR count). The highest BCUT2D eigenvalue weighted by Gasteiger charge is 2.22. The number of ketones is 1. The Balaban J connectivity index is 1.43. The molecule has 1 N–H and O–H groups in total.